The number of hydrogen-bond donors (Lipinski definition) is 2. The fraction of sp³-hybridized carbons (Fsp3) is 0.364. The smallest absolute Gasteiger partial charge is 0.341 e. The van der Waals surface area contributed by atoms with Gasteiger partial charge in [0.2, 0.25) is 0 Å². The molecule has 9 heteroatoms. The summed E-state index contributed by atoms with van der Waals surface area (Å²) in [7, 11) is -4.28. The first-order chi connectivity index (χ1) is 14.5. The van der Waals surface area contributed by atoms with E-state index in [1.165, 1.54) is 6.07 Å². The van der Waals surface area contributed by atoms with Gasteiger partial charge in [0.15, 0.2) is 0 Å². The minimum atomic E-state index is -4.28. The van der Waals surface area contributed by atoms with Crippen LogP contribution in [0, 0.1) is 17.2 Å². The normalized spacial score (nSPS) is 19.6. The molecule has 0 bridgehead atoms. The number of anilines is 1. The molecule has 2 N–H and O–H groups in total. The summed E-state index contributed by atoms with van der Waals surface area (Å²) in [5.74, 6) is -1.15. The average Bonchev–Trinajstić information content (AvgIpc) is 3.46. The molecular weight excluding hydrogens is 425 g/mol. The third kappa shape index (κ3) is 4.01. The molecule has 4 rings (SSSR count). The number of sulfonamides is 1. The molecule has 0 spiro atoms. The summed E-state index contributed by atoms with van der Waals surface area (Å²) < 4.78 is 48.2. The van der Waals surface area contributed by atoms with Crippen molar-refractivity contribution in [3.63, 3.8) is 0 Å². The maximum Gasteiger partial charge on any atom is 0.341 e. The summed E-state index contributed by atoms with van der Waals surface area (Å²) in [6.07, 6.45) is 1.59. The van der Waals surface area contributed by atoms with Crippen LogP contribution in [0.1, 0.15) is 47.7 Å². The Balaban J connectivity index is 1.75. The molecule has 1 saturated carbocycles. The zero-order valence-corrected chi connectivity index (χ0v) is 17.8. The van der Waals surface area contributed by atoms with Gasteiger partial charge in [-0.15, -0.1) is 0 Å². The van der Waals surface area contributed by atoms with Crippen molar-refractivity contribution in [3.05, 3.63) is 52.8 Å². The van der Waals surface area contributed by atoms with Gasteiger partial charge in [0, 0.05) is 11.3 Å². The Morgan fingerprint density at radius 3 is 2.74 bits per heavy atom. The maximum atomic E-state index is 13.8. The lowest BCUT2D eigenvalue weighted by Crippen LogP contribution is -2.22. The summed E-state index contributed by atoms with van der Waals surface area (Å²) in [5.41, 5.74) is -0.396. The van der Waals surface area contributed by atoms with Gasteiger partial charge in [-0.25, -0.2) is 17.6 Å². The summed E-state index contributed by atoms with van der Waals surface area (Å²) in [4.78, 5) is 23.1. The number of aldehydes is 1. The van der Waals surface area contributed by atoms with Crippen LogP contribution >= 0.6 is 0 Å². The van der Waals surface area contributed by atoms with Crippen LogP contribution in [0.15, 0.2) is 35.2 Å². The Kier molecular flexibility index (Phi) is 5.04. The fourth-order valence-electron chi connectivity index (χ4n) is 4.03. The van der Waals surface area contributed by atoms with Crippen LogP contribution in [0.5, 0.6) is 5.75 Å². The Hall–Kier alpha value is -2.94. The molecule has 1 heterocycles. The number of carbonyl (C=O) groups is 2. The lowest BCUT2D eigenvalue weighted by molar-refractivity contribution is -0.114. The van der Waals surface area contributed by atoms with Gasteiger partial charge in [-0.3, -0.25) is 4.72 Å². The van der Waals surface area contributed by atoms with Crippen LogP contribution in [0.3, 0.4) is 0 Å². The minimum Gasteiger partial charge on any atom is -0.492 e. The van der Waals surface area contributed by atoms with Gasteiger partial charge in [-0.05, 0) is 54.2 Å². The molecule has 2 aliphatic rings. The highest BCUT2D eigenvalue weighted by Gasteiger charge is 2.45. The SMILES string of the molecule is CC(C)(C=O)Cc1cc(F)ccc1S(=O)(=O)Nc1ccc2c(c1C(=O)O)OC[C@@H]1C[C@H]21. The molecule has 7 nitrogen and oxygen atoms in total. The Bertz CT molecular complexity index is 1190. The van der Waals surface area contributed by atoms with E-state index in [2.05, 4.69) is 4.72 Å². The van der Waals surface area contributed by atoms with Gasteiger partial charge in [0.25, 0.3) is 10.0 Å². The first-order valence-corrected chi connectivity index (χ1v) is 11.3. The summed E-state index contributed by atoms with van der Waals surface area (Å²) >= 11 is 0. The van der Waals surface area contributed by atoms with Crippen LogP contribution < -0.4 is 9.46 Å². The van der Waals surface area contributed by atoms with E-state index in [9.17, 15) is 27.5 Å². The van der Waals surface area contributed by atoms with Gasteiger partial charge in [0.05, 0.1) is 17.2 Å². The minimum absolute atomic E-state index is 0.00728. The molecular formula is C22H22FNO6S. The van der Waals surface area contributed by atoms with Crippen molar-refractivity contribution in [1.82, 2.24) is 0 Å². The van der Waals surface area contributed by atoms with E-state index >= 15 is 0 Å². The van der Waals surface area contributed by atoms with Gasteiger partial charge in [-0.1, -0.05) is 19.9 Å². The van der Waals surface area contributed by atoms with E-state index in [4.69, 9.17) is 4.74 Å². The van der Waals surface area contributed by atoms with Crippen molar-refractivity contribution in [1.29, 1.82) is 0 Å². The Labute approximate surface area is 179 Å². The molecule has 1 aliphatic heterocycles. The van der Waals surface area contributed by atoms with E-state index in [0.717, 1.165) is 30.2 Å². The van der Waals surface area contributed by atoms with Crippen molar-refractivity contribution in [2.45, 2.75) is 37.5 Å². The number of ether oxygens (including phenoxy) is 1. The van der Waals surface area contributed by atoms with E-state index in [1.54, 1.807) is 19.9 Å². The Morgan fingerprint density at radius 1 is 1.32 bits per heavy atom. The largest absolute Gasteiger partial charge is 0.492 e. The summed E-state index contributed by atoms with van der Waals surface area (Å²) in [5, 5.41) is 9.76. The molecule has 2 aromatic rings. The molecule has 1 aliphatic carbocycles. The number of carbonyl (C=O) groups excluding carboxylic acids is 1. The number of rotatable bonds is 7. The van der Waals surface area contributed by atoms with Crippen molar-refractivity contribution < 1.29 is 32.2 Å². The predicted octanol–water partition coefficient (Wildman–Crippen LogP) is 3.59. The van der Waals surface area contributed by atoms with Crippen molar-refractivity contribution >= 4 is 28.0 Å². The quantitative estimate of drug-likeness (QED) is 0.628. The molecule has 0 saturated heterocycles. The van der Waals surface area contributed by atoms with Crippen LogP contribution in [-0.4, -0.2) is 32.4 Å². The van der Waals surface area contributed by atoms with Crippen LogP contribution in [0.4, 0.5) is 10.1 Å². The topological polar surface area (TPSA) is 110 Å². The molecule has 0 aromatic heterocycles. The molecule has 2 atom stereocenters. The molecule has 2 aromatic carbocycles. The summed E-state index contributed by atoms with van der Waals surface area (Å²) in [6.45, 7) is 3.63. The number of fused-ring (bicyclic) bond motifs is 3. The first-order valence-electron chi connectivity index (χ1n) is 9.83. The molecule has 0 radical (unpaired) electrons. The third-order valence-electron chi connectivity index (χ3n) is 5.69. The lowest BCUT2D eigenvalue weighted by Gasteiger charge is -2.22. The van der Waals surface area contributed by atoms with Crippen LogP contribution in [0.2, 0.25) is 0 Å². The first kappa shape index (κ1) is 21.3. The highest BCUT2D eigenvalue weighted by molar-refractivity contribution is 7.92. The van der Waals surface area contributed by atoms with Crippen molar-refractivity contribution in [2.75, 3.05) is 11.3 Å². The molecule has 0 unspecified atom stereocenters. The number of carboxylic acid groups (broad SMARTS) is 1. The van der Waals surface area contributed by atoms with E-state index in [-0.39, 0.29) is 39.8 Å². The lowest BCUT2D eigenvalue weighted by atomic mass is 9.87. The Morgan fingerprint density at radius 2 is 2.06 bits per heavy atom. The van der Waals surface area contributed by atoms with Crippen molar-refractivity contribution in [2.24, 2.45) is 11.3 Å². The number of nitrogens with one attached hydrogen (secondary N) is 1. The van der Waals surface area contributed by atoms with Gasteiger partial charge in [-0.2, -0.15) is 0 Å². The standard InChI is InChI=1S/C22H22FNO6S/c1-22(2,11-25)9-12-7-14(23)3-6-18(12)31(28,29)24-17-5-4-15-16-8-13(16)10-30-20(15)19(17)21(26)27/h3-7,11,13,16,24H,8-10H2,1-2H3,(H,26,27)/t13-,16-/m0/s1. The van der Waals surface area contributed by atoms with Crippen LogP contribution in [-0.2, 0) is 21.2 Å². The fourth-order valence-corrected chi connectivity index (χ4v) is 5.32. The summed E-state index contributed by atoms with van der Waals surface area (Å²) in [6, 6.07) is 6.29. The second-order valence-electron chi connectivity index (χ2n) is 8.77. The van der Waals surface area contributed by atoms with Gasteiger partial charge < -0.3 is 14.6 Å². The van der Waals surface area contributed by atoms with Gasteiger partial charge >= 0.3 is 5.97 Å². The maximum absolute atomic E-state index is 13.8. The second-order valence-corrected chi connectivity index (χ2v) is 10.4. The molecule has 0 amide bonds. The zero-order chi connectivity index (χ0) is 22.6. The van der Waals surface area contributed by atoms with Gasteiger partial charge in [0.1, 0.15) is 23.4 Å². The van der Waals surface area contributed by atoms with E-state index in [1.807, 2.05) is 0 Å². The highest BCUT2D eigenvalue weighted by atomic mass is 32.2. The average molecular weight is 447 g/mol. The third-order valence-corrected chi connectivity index (χ3v) is 7.15. The number of benzene rings is 2. The molecule has 1 fully saturated rings. The van der Waals surface area contributed by atoms with E-state index < -0.39 is 27.2 Å². The predicted molar refractivity (Wildman–Crippen MR) is 111 cm³/mol. The van der Waals surface area contributed by atoms with E-state index in [0.29, 0.717) is 18.8 Å². The monoisotopic (exact) mass is 447 g/mol. The number of carboxylic acids is 1. The second kappa shape index (κ2) is 7.33. The zero-order valence-electron chi connectivity index (χ0n) is 17.0. The van der Waals surface area contributed by atoms with Crippen LogP contribution in [0.25, 0.3) is 0 Å². The molecule has 31 heavy (non-hydrogen) atoms. The number of aromatic carboxylic acids is 1. The number of hydrogen-bond acceptors (Lipinski definition) is 5. The highest BCUT2D eigenvalue weighted by Crippen LogP contribution is 2.55. The van der Waals surface area contributed by atoms with Crippen molar-refractivity contribution in [3.8, 4) is 5.75 Å². The molecule has 164 valence electrons. The number of halogens is 1.